The molecule has 0 bridgehead atoms. The van der Waals surface area contributed by atoms with E-state index in [4.69, 9.17) is 5.11 Å². The van der Waals surface area contributed by atoms with Crippen LogP contribution in [-0.2, 0) is 11.3 Å². The molecule has 1 aliphatic heterocycles. The van der Waals surface area contributed by atoms with E-state index in [1.807, 2.05) is 0 Å². The quantitative estimate of drug-likeness (QED) is 0.762. The van der Waals surface area contributed by atoms with Gasteiger partial charge in [0.1, 0.15) is 5.01 Å². The molecule has 0 saturated carbocycles. The van der Waals surface area contributed by atoms with Crippen molar-refractivity contribution in [3.63, 3.8) is 0 Å². The monoisotopic (exact) mass is 283 g/mol. The first-order chi connectivity index (χ1) is 9.06. The summed E-state index contributed by atoms with van der Waals surface area (Å²) in [6.07, 6.45) is 1.68. The lowest BCUT2D eigenvalue weighted by molar-refractivity contribution is -0.126. The van der Waals surface area contributed by atoms with Gasteiger partial charge in [-0.2, -0.15) is 0 Å². The van der Waals surface area contributed by atoms with E-state index in [0.29, 0.717) is 17.6 Å². The summed E-state index contributed by atoms with van der Waals surface area (Å²) >= 11 is 1.25. The molecule has 104 valence electrons. The Bertz CT molecular complexity index is 475. The molecule has 2 rings (SSSR count). The Kier molecular flexibility index (Phi) is 4.49. The summed E-state index contributed by atoms with van der Waals surface area (Å²) in [5.74, 6) is -0.975. The van der Waals surface area contributed by atoms with Gasteiger partial charge in [-0.3, -0.25) is 4.79 Å². The number of nitrogens with one attached hydrogen (secondary N) is 2. The number of carboxylic acids is 1. The van der Waals surface area contributed by atoms with Crippen LogP contribution < -0.4 is 10.6 Å². The summed E-state index contributed by atoms with van der Waals surface area (Å²) < 4.78 is 0. The van der Waals surface area contributed by atoms with Crippen molar-refractivity contribution in [2.24, 2.45) is 5.92 Å². The Morgan fingerprint density at radius 3 is 3.05 bits per heavy atom. The number of carbonyl (C=O) groups is 2. The number of aromatic nitrogens is 1. The van der Waals surface area contributed by atoms with Crippen molar-refractivity contribution in [2.45, 2.75) is 32.4 Å². The van der Waals surface area contributed by atoms with Crippen molar-refractivity contribution in [1.82, 2.24) is 15.6 Å². The average molecular weight is 283 g/mol. The molecule has 1 amide bonds. The number of rotatable bonds is 4. The highest BCUT2D eigenvalue weighted by molar-refractivity contribution is 7.09. The zero-order valence-electron chi connectivity index (χ0n) is 10.7. The van der Waals surface area contributed by atoms with Gasteiger partial charge in [0.25, 0.3) is 0 Å². The highest BCUT2D eigenvalue weighted by atomic mass is 32.1. The summed E-state index contributed by atoms with van der Waals surface area (Å²) in [7, 11) is 0. The molecule has 0 aromatic carbocycles. The third-order valence-electron chi connectivity index (χ3n) is 3.18. The Balaban J connectivity index is 1.84. The highest BCUT2D eigenvalue weighted by Crippen LogP contribution is 2.16. The van der Waals surface area contributed by atoms with Crippen LogP contribution >= 0.6 is 11.3 Å². The first kappa shape index (κ1) is 14.0. The molecule has 0 aliphatic carbocycles. The first-order valence-electron chi connectivity index (χ1n) is 6.25. The number of thiazole rings is 1. The predicted molar refractivity (Wildman–Crippen MR) is 71.1 cm³/mol. The number of carboxylic acid groups (broad SMARTS) is 1. The van der Waals surface area contributed by atoms with E-state index in [9.17, 15) is 9.59 Å². The summed E-state index contributed by atoms with van der Waals surface area (Å²) in [6, 6.07) is 0.364. The van der Waals surface area contributed by atoms with Crippen molar-refractivity contribution in [3.05, 3.63) is 16.1 Å². The number of piperidine rings is 1. The molecule has 1 fully saturated rings. The Morgan fingerprint density at radius 2 is 2.42 bits per heavy atom. The van der Waals surface area contributed by atoms with Crippen molar-refractivity contribution < 1.29 is 14.7 Å². The van der Waals surface area contributed by atoms with E-state index in [1.165, 1.54) is 16.7 Å². The van der Waals surface area contributed by atoms with Gasteiger partial charge in [0.05, 0.1) is 6.54 Å². The average Bonchev–Trinajstić information content (AvgIpc) is 2.85. The number of hydrogen-bond acceptors (Lipinski definition) is 5. The van der Waals surface area contributed by atoms with Crippen LogP contribution in [0.25, 0.3) is 0 Å². The predicted octanol–water partition coefficient (Wildman–Crippen LogP) is 0.846. The molecular formula is C12H17N3O3S. The van der Waals surface area contributed by atoms with Crippen molar-refractivity contribution >= 4 is 23.2 Å². The maximum Gasteiger partial charge on any atom is 0.355 e. The molecule has 19 heavy (non-hydrogen) atoms. The molecule has 1 aliphatic rings. The number of amides is 1. The Morgan fingerprint density at radius 1 is 1.63 bits per heavy atom. The minimum atomic E-state index is -1.04. The van der Waals surface area contributed by atoms with Crippen molar-refractivity contribution in [3.8, 4) is 0 Å². The summed E-state index contributed by atoms with van der Waals surface area (Å²) in [6.45, 7) is 3.23. The van der Waals surface area contributed by atoms with Gasteiger partial charge in [0.15, 0.2) is 5.69 Å². The maximum atomic E-state index is 12.0. The molecule has 2 atom stereocenters. The van der Waals surface area contributed by atoms with Crippen molar-refractivity contribution in [1.29, 1.82) is 0 Å². The smallest absolute Gasteiger partial charge is 0.355 e. The fraction of sp³-hybridized carbons (Fsp3) is 0.583. The van der Waals surface area contributed by atoms with E-state index in [-0.39, 0.29) is 17.5 Å². The van der Waals surface area contributed by atoms with Gasteiger partial charge in [-0.05, 0) is 26.3 Å². The number of aromatic carboxylic acids is 1. The summed E-state index contributed by atoms with van der Waals surface area (Å²) in [5.41, 5.74) is 0.0322. The fourth-order valence-corrected chi connectivity index (χ4v) is 2.88. The van der Waals surface area contributed by atoms with Crippen LogP contribution in [0.3, 0.4) is 0 Å². The van der Waals surface area contributed by atoms with Crippen LogP contribution in [0.1, 0.15) is 35.3 Å². The molecule has 3 N–H and O–H groups in total. The van der Waals surface area contributed by atoms with E-state index in [0.717, 1.165) is 19.4 Å². The number of hydrogen-bond donors (Lipinski definition) is 3. The second-order valence-corrected chi connectivity index (χ2v) is 5.67. The van der Waals surface area contributed by atoms with Crippen LogP contribution in [-0.4, -0.2) is 34.6 Å². The number of carbonyl (C=O) groups excluding carboxylic acids is 1. The standard InChI is InChI=1S/C12H17N3O3S/c1-7-4-8(2-3-13-7)11(16)14-5-10-15-9(6-19-10)12(17)18/h6-8,13H,2-5H2,1H3,(H,14,16)(H,17,18). The van der Waals surface area contributed by atoms with Gasteiger partial charge in [-0.15, -0.1) is 11.3 Å². The second-order valence-electron chi connectivity index (χ2n) is 4.73. The topological polar surface area (TPSA) is 91.3 Å². The molecule has 2 heterocycles. The van der Waals surface area contributed by atoms with E-state index >= 15 is 0 Å². The van der Waals surface area contributed by atoms with Crippen molar-refractivity contribution in [2.75, 3.05) is 6.54 Å². The van der Waals surface area contributed by atoms with Crippen LogP contribution in [0.2, 0.25) is 0 Å². The third kappa shape index (κ3) is 3.74. The van der Waals surface area contributed by atoms with Gasteiger partial charge in [0.2, 0.25) is 5.91 Å². The zero-order valence-corrected chi connectivity index (χ0v) is 11.5. The van der Waals surface area contributed by atoms with Gasteiger partial charge >= 0.3 is 5.97 Å². The lowest BCUT2D eigenvalue weighted by Crippen LogP contribution is -2.42. The summed E-state index contributed by atoms with van der Waals surface area (Å²) in [4.78, 5) is 26.6. The molecule has 0 spiro atoms. The normalized spacial score (nSPS) is 23.0. The molecule has 1 saturated heterocycles. The zero-order chi connectivity index (χ0) is 13.8. The molecule has 2 unspecified atom stereocenters. The number of nitrogens with zero attached hydrogens (tertiary/aromatic N) is 1. The molecular weight excluding hydrogens is 266 g/mol. The largest absolute Gasteiger partial charge is 0.476 e. The fourth-order valence-electron chi connectivity index (χ4n) is 2.17. The lowest BCUT2D eigenvalue weighted by Gasteiger charge is -2.26. The molecule has 7 heteroatoms. The van der Waals surface area contributed by atoms with Gasteiger partial charge < -0.3 is 15.7 Å². The minimum absolute atomic E-state index is 0.0282. The van der Waals surface area contributed by atoms with E-state index in [2.05, 4.69) is 22.5 Å². The van der Waals surface area contributed by atoms with Gasteiger partial charge in [0, 0.05) is 17.3 Å². The molecule has 1 aromatic rings. The van der Waals surface area contributed by atoms with E-state index in [1.54, 1.807) is 0 Å². The van der Waals surface area contributed by atoms with Crippen LogP contribution in [0.5, 0.6) is 0 Å². The minimum Gasteiger partial charge on any atom is -0.476 e. The SMILES string of the molecule is CC1CC(C(=O)NCc2nc(C(=O)O)cs2)CCN1. The third-order valence-corrected chi connectivity index (χ3v) is 4.03. The summed E-state index contributed by atoms with van der Waals surface area (Å²) in [5, 5.41) is 17.0. The van der Waals surface area contributed by atoms with Crippen LogP contribution in [0.15, 0.2) is 5.38 Å². The molecule has 6 nitrogen and oxygen atoms in total. The van der Waals surface area contributed by atoms with Gasteiger partial charge in [-0.1, -0.05) is 0 Å². The molecule has 1 aromatic heterocycles. The highest BCUT2D eigenvalue weighted by Gasteiger charge is 2.24. The Hall–Kier alpha value is -1.47. The Labute approximate surface area is 115 Å². The maximum absolute atomic E-state index is 12.0. The molecule has 0 radical (unpaired) electrons. The van der Waals surface area contributed by atoms with E-state index < -0.39 is 5.97 Å². The van der Waals surface area contributed by atoms with Crippen LogP contribution in [0, 0.1) is 5.92 Å². The first-order valence-corrected chi connectivity index (χ1v) is 7.13. The van der Waals surface area contributed by atoms with Gasteiger partial charge in [-0.25, -0.2) is 9.78 Å². The lowest BCUT2D eigenvalue weighted by atomic mass is 9.92. The van der Waals surface area contributed by atoms with Crippen LogP contribution in [0.4, 0.5) is 0 Å². The second kappa shape index (κ2) is 6.12.